The highest BCUT2D eigenvalue weighted by atomic mass is 16.5. The van der Waals surface area contributed by atoms with E-state index in [0.717, 1.165) is 12.8 Å². The number of carbonyl (C=O) groups excluding carboxylic acids is 1. The van der Waals surface area contributed by atoms with Gasteiger partial charge in [-0.3, -0.25) is 14.4 Å². The number of hydrogen-bond donors (Lipinski definition) is 2. The number of ether oxygens (including phenoxy) is 1. The lowest BCUT2D eigenvalue weighted by molar-refractivity contribution is -0.160. The van der Waals surface area contributed by atoms with Gasteiger partial charge in [-0.15, -0.1) is 0 Å². The van der Waals surface area contributed by atoms with Crippen LogP contribution in [0.4, 0.5) is 0 Å². The number of unbranched alkanes of at least 4 members (excludes halogenated alkanes) is 14. The molecule has 0 aliphatic rings. The maximum Gasteiger partial charge on any atom is 0.321 e. The van der Waals surface area contributed by atoms with Crippen LogP contribution >= 0.6 is 0 Å². The molecule has 0 aromatic rings. The molecule has 2 N–H and O–H groups in total. The predicted octanol–water partition coefficient (Wildman–Crippen LogP) is 5.58. The lowest BCUT2D eigenvalue weighted by atomic mass is 10.0. The van der Waals surface area contributed by atoms with Crippen LogP contribution < -0.4 is 0 Å². The fraction of sp³-hybridized carbons (Fsp3) is 0.864. The van der Waals surface area contributed by atoms with Crippen LogP contribution in [0.3, 0.4) is 0 Å². The summed E-state index contributed by atoms with van der Waals surface area (Å²) >= 11 is 0. The van der Waals surface area contributed by atoms with Gasteiger partial charge in [-0.25, -0.2) is 0 Å². The number of carboxylic acids is 2. The molecule has 0 aliphatic heterocycles. The smallest absolute Gasteiger partial charge is 0.321 e. The summed E-state index contributed by atoms with van der Waals surface area (Å²) < 4.78 is 4.75. The van der Waals surface area contributed by atoms with Gasteiger partial charge in [-0.05, 0) is 6.42 Å². The van der Waals surface area contributed by atoms with Crippen molar-refractivity contribution in [2.24, 2.45) is 5.92 Å². The molecule has 0 rings (SSSR count). The van der Waals surface area contributed by atoms with Crippen LogP contribution in [0, 0.1) is 5.92 Å². The van der Waals surface area contributed by atoms with Crippen molar-refractivity contribution in [2.75, 3.05) is 6.61 Å². The number of carbonyl (C=O) groups is 3. The van der Waals surface area contributed by atoms with Gasteiger partial charge in [0.25, 0.3) is 0 Å². The average molecular weight is 401 g/mol. The maximum absolute atomic E-state index is 11.5. The van der Waals surface area contributed by atoms with Crippen molar-refractivity contribution in [2.45, 2.75) is 110 Å². The van der Waals surface area contributed by atoms with Gasteiger partial charge in [-0.1, -0.05) is 96.8 Å². The molecule has 0 aromatic heterocycles. The summed E-state index contributed by atoms with van der Waals surface area (Å²) in [5.74, 6) is -5.20. The Morgan fingerprint density at radius 3 is 1.36 bits per heavy atom. The minimum atomic E-state index is -1.69. The van der Waals surface area contributed by atoms with E-state index in [9.17, 15) is 14.4 Å². The van der Waals surface area contributed by atoms with E-state index in [4.69, 9.17) is 14.9 Å². The third kappa shape index (κ3) is 16.6. The van der Waals surface area contributed by atoms with Crippen LogP contribution in [0.5, 0.6) is 0 Å². The SMILES string of the molecule is CCCCCCCCCCCCCCCCCC(=O)OCC(C(=O)O)C(=O)O. The van der Waals surface area contributed by atoms with Gasteiger partial charge in [-0.2, -0.15) is 0 Å². The van der Waals surface area contributed by atoms with E-state index in [1.807, 2.05) is 0 Å². The molecule has 0 spiro atoms. The monoisotopic (exact) mass is 400 g/mol. The van der Waals surface area contributed by atoms with Crippen molar-refractivity contribution in [3.8, 4) is 0 Å². The molecule has 0 radical (unpaired) electrons. The summed E-state index contributed by atoms with van der Waals surface area (Å²) in [6.07, 6.45) is 18.9. The standard InChI is InChI=1S/C22H40O6/c1-2-3-4-5-6-7-8-9-10-11-12-13-14-15-16-17-20(23)28-18-19(21(24)25)22(26)27/h19H,2-18H2,1H3,(H,24,25)(H,26,27). The van der Waals surface area contributed by atoms with E-state index in [0.29, 0.717) is 6.42 Å². The Bertz CT molecular complexity index is 407. The quantitative estimate of drug-likeness (QED) is 0.157. The third-order valence-corrected chi connectivity index (χ3v) is 4.99. The molecular formula is C22H40O6. The Kier molecular flexibility index (Phi) is 17.7. The molecular weight excluding hydrogens is 360 g/mol. The Balaban J connectivity index is 3.35. The Morgan fingerprint density at radius 1 is 0.643 bits per heavy atom. The minimum absolute atomic E-state index is 0.213. The topological polar surface area (TPSA) is 101 Å². The normalized spacial score (nSPS) is 10.9. The molecule has 0 saturated carbocycles. The van der Waals surface area contributed by atoms with Gasteiger partial charge in [0.1, 0.15) is 6.61 Å². The second-order valence-corrected chi connectivity index (χ2v) is 7.61. The molecule has 28 heavy (non-hydrogen) atoms. The zero-order valence-corrected chi connectivity index (χ0v) is 17.6. The van der Waals surface area contributed by atoms with E-state index in [1.54, 1.807) is 0 Å². The van der Waals surface area contributed by atoms with Crippen molar-refractivity contribution in [1.29, 1.82) is 0 Å². The molecule has 0 aliphatic carbocycles. The number of hydrogen-bond acceptors (Lipinski definition) is 4. The van der Waals surface area contributed by atoms with Crippen LogP contribution in [0.25, 0.3) is 0 Å². The average Bonchev–Trinajstić information content (AvgIpc) is 2.64. The van der Waals surface area contributed by atoms with Gasteiger partial charge in [0.15, 0.2) is 5.92 Å². The van der Waals surface area contributed by atoms with Crippen LogP contribution in [0.2, 0.25) is 0 Å². The van der Waals surface area contributed by atoms with E-state index >= 15 is 0 Å². The van der Waals surface area contributed by atoms with Gasteiger partial charge < -0.3 is 14.9 Å². The highest BCUT2D eigenvalue weighted by Crippen LogP contribution is 2.14. The summed E-state index contributed by atoms with van der Waals surface area (Å²) in [6, 6.07) is 0. The number of aliphatic carboxylic acids is 2. The molecule has 0 amide bonds. The first-order valence-electron chi connectivity index (χ1n) is 11.1. The van der Waals surface area contributed by atoms with Gasteiger partial charge in [0.2, 0.25) is 0 Å². The summed E-state index contributed by atoms with van der Waals surface area (Å²) in [5, 5.41) is 17.4. The Morgan fingerprint density at radius 2 is 1.00 bits per heavy atom. The summed E-state index contributed by atoms with van der Waals surface area (Å²) in [4.78, 5) is 32.9. The van der Waals surface area contributed by atoms with Gasteiger partial charge >= 0.3 is 17.9 Å². The first kappa shape index (κ1) is 26.4. The van der Waals surface area contributed by atoms with E-state index < -0.39 is 30.4 Å². The molecule has 0 atom stereocenters. The van der Waals surface area contributed by atoms with Gasteiger partial charge in [0, 0.05) is 6.42 Å². The molecule has 0 bridgehead atoms. The molecule has 6 nitrogen and oxygen atoms in total. The fourth-order valence-corrected chi connectivity index (χ4v) is 3.14. The van der Waals surface area contributed by atoms with Crippen molar-refractivity contribution in [3.05, 3.63) is 0 Å². The number of rotatable bonds is 20. The van der Waals surface area contributed by atoms with Crippen LogP contribution in [0.1, 0.15) is 110 Å². The predicted molar refractivity (Wildman–Crippen MR) is 109 cm³/mol. The largest absolute Gasteiger partial charge is 0.481 e. The van der Waals surface area contributed by atoms with Crippen molar-refractivity contribution in [3.63, 3.8) is 0 Å². The van der Waals surface area contributed by atoms with Crippen LogP contribution in [-0.2, 0) is 19.1 Å². The zero-order valence-electron chi connectivity index (χ0n) is 17.6. The summed E-state index contributed by atoms with van der Waals surface area (Å²) in [7, 11) is 0. The second-order valence-electron chi connectivity index (χ2n) is 7.61. The highest BCUT2D eigenvalue weighted by molar-refractivity contribution is 5.93. The third-order valence-electron chi connectivity index (χ3n) is 4.99. The molecule has 0 heterocycles. The van der Waals surface area contributed by atoms with E-state index in [2.05, 4.69) is 6.92 Å². The molecule has 6 heteroatoms. The van der Waals surface area contributed by atoms with Crippen LogP contribution in [-0.4, -0.2) is 34.7 Å². The Labute approximate surface area is 170 Å². The second kappa shape index (κ2) is 18.8. The summed E-state index contributed by atoms with van der Waals surface area (Å²) in [6.45, 7) is 1.64. The minimum Gasteiger partial charge on any atom is -0.481 e. The van der Waals surface area contributed by atoms with Crippen molar-refractivity contribution < 1.29 is 29.3 Å². The molecule has 0 fully saturated rings. The number of carboxylic acid groups (broad SMARTS) is 2. The van der Waals surface area contributed by atoms with Gasteiger partial charge in [0.05, 0.1) is 0 Å². The highest BCUT2D eigenvalue weighted by Gasteiger charge is 2.27. The first-order chi connectivity index (χ1) is 13.5. The van der Waals surface area contributed by atoms with E-state index in [1.165, 1.54) is 77.0 Å². The lowest BCUT2D eigenvalue weighted by Crippen LogP contribution is -2.29. The molecule has 0 aromatic carbocycles. The molecule has 0 saturated heterocycles. The first-order valence-corrected chi connectivity index (χ1v) is 11.1. The lowest BCUT2D eigenvalue weighted by Gasteiger charge is -2.08. The summed E-state index contributed by atoms with van der Waals surface area (Å²) in [5.41, 5.74) is 0. The Hall–Kier alpha value is -1.59. The maximum atomic E-state index is 11.5. The van der Waals surface area contributed by atoms with Crippen LogP contribution in [0.15, 0.2) is 0 Å². The fourth-order valence-electron chi connectivity index (χ4n) is 3.14. The van der Waals surface area contributed by atoms with E-state index in [-0.39, 0.29) is 6.42 Å². The molecule has 0 unspecified atom stereocenters. The van der Waals surface area contributed by atoms with Crippen molar-refractivity contribution >= 4 is 17.9 Å². The zero-order chi connectivity index (χ0) is 21.0. The molecule has 164 valence electrons. The van der Waals surface area contributed by atoms with Crippen molar-refractivity contribution in [1.82, 2.24) is 0 Å². The number of esters is 1.